The first-order chi connectivity index (χ1) is 13.3. The van der Waals surface area contributed by atoms with Gasteiger partial charge in [0.25, 0.3) is 0 Å². The fourth-order valence-corrected chi connectivity index (χ4v) is 4.26. The van der Waals surface area contributed by atoms with Crippen LogP contribution < -0.4 is 10.2 Å². The minimum Gasteiger partial charge on any atom is -0.378 e. The Kier molecular flexibility index (Phi) is 4.90. The Labute approximate surface area is 166 Å². The third-order valence-electron chi connectivity index (χ3n) is 6.25. The number of halogens is 1. The normalized spacial score (nSPS) is 17.2. The van der Waals surface area contributed by atoms with Crippen molar-refractivity contribution < 1.29 is 9.18 Å². The molecule has 1 saturated carbocycles. The van der Waals surface area contributed by atoms with Crippen molar-refractivity contribution in [2.24, 2.45) is 5.41 Å². The predicted octanol–water partition coefficient (Wildman–Crippen LogP) is 5.18. The number of carbonyl (C=O) groups excluding carboxylic acids is 1. The molecule has 1 aliphatic heterocycles. The van der Waals surface area contributed by atoms with Gasteiger partial charge in [-0.2, -0.15) is 0 Å². The monoisotopic (exact) mass is 380 g/mol. The number of Topliss-reactive ketones (excluding diaryl/α,β-unsaturated/α-hetero) is 1. The summed E-state index contributed by atoms with van der Waals surface area (Å²) >= 11 is 0. The number of ketones is 1. The van der Waals surface area contributed by atoms with Gasteiger partial charge in [-0.15, -0.1) is 0 Å². The van der Waals surface area contributed by atoms with Crippen molar-refractivity contribution in [2.45, 2.75) is 53.0 Å². The molecule has 0 radical (unpaired) electrons. The second-order valence-corrected chi connectivity index (χ2v) is 8.92. The highest BCUT2D eigenvalue weighted by molar-refractivity contribution is 5.84. The lowest BCUT2D eigenvalue weighted by Crippen LogP contribution is -2.30. The highest BCUT2D eigenvalue weighted by atomic mass is 19.1. The van der Waals surface area contributed by atoms with Crippen LogP contribution in [0.4, 0.5) is 15.8 Å². The molecule has 1 heterocycles. The lowest BCUT2D eigenvalue weighted by molar-refractivity contribution is -0.118. The van der Waals surface area contributed by atoms with Gasteiger partial charge in [0.1, 0.15) is 5.82 Å². The number of nitrogens with one attached hydrogen (secondary N) is 1. The molecule has 3 nitrogen and oxygen atoms in total. The molecule has 2 aromatic carbocycles. The van der Waals surface area contributed by atoms with Crippen LogP contribution in [0.15, 0.2) is 30.3 Å². The van der Waals surface area contributed by atoms with Crippen LogP contribution >= 0.6 is 0 Å². The van der Waals surface area contributed by atoms with E-state index in [4.69, 9.17) is 0 Å². The number of nitrogens with zero attached hydrogens (tertiary/aromatic N) is 1. The third kappa shape index (κ3) is 4.06. The van der Waals surface area contributed by atoms with E-state index in [0.717, 1.165) is 41.9 Å². The Morgan fingerprint density at radius 3 is 2.54 bits per heavy atom. The maximum Gasteiger partial charge on any atom is 0.152 e. The molecule has 0 amide bonds. The highest BCUT2D eigenvalue weighted by Gasteiger charge is 2.38. The summed E-state index contributed by atoms with van der Waals surface area (Å²) in [5.41, 5.74) is 7.15. The van der Waals surface area contributed by atoms with Crippen LogP contribution in [0, 0.1) is 25.1 Å². The summed E-state index contributed by atoms with van der Waals surface area (Å²) in [7, 11) is 0. The Morgan fingerprint density at radius 1 is 1.14 bits per heavy atom. The summed E-state index contributed by atoms with van der Waals surface area (Å²) in [6.45, 7) is 8.48. The summed E-state index contributed by atoms with van der Waals surface area (Å²) in [5.74, 6) is 0.141. The van der Waals surface area contributed by atoms with E-state index in [2.05, 4.69) is 43.1 Å². The van der Waals surface area contributed by atoms with Gasteiger partial charge in [-0.25, -0.2) is 4.39 Å². The molecule has 2 aliphatic rings. The second-order valence-electron chi connectivity index (χ2n) is 8.92. The minimum absolute atomic E-state index is 0.153. The maximum absolute atomic E-state index is 13.4. The minimum atomic E-state index is -0.153. The van der Waals surface area contributed by atoms with E-state index < -0.39 is 0 Å². The van der Waals surface area contributed by atoms with E-state index in [-0.39, 0.29) is 11.2 Å². The van der Waals surface area contributed by atoms with Crippen molar-refractivity contribution in [1.82, 2.24) is 0 Å². The average Bonchev–Trinajstić information content (AvgIpc) is 3.37. The number of fused-ring (bicyclic) bond motifs is 1. The molecule has 4 rings (SSSR count). The Balaban J connectivity index is 1.45. The van der Waals surface area contributed by atoms with Gasteiger partial charge in [0.15, 0.2) is 5.78 Å². The number of carbonyl (C=O) groups is 1. The van der Waals surface area contributed by atoms with E-state index in [0.29, 0.717) is 18.7 Å². The molecule has 0 aromatic heterocycles. The zero-order valence-corrected chi connectivity index (χ0v) is 17.1. The van der Waals surface area contributed by atoms with E-state index in [1.165, 1.54) is 24.1 Å². The molecular weight excluding hydrogens is 351 g/mol. The molecular formula is C24H29FN2O. The largest absolute Gasteiger partial charge is 0.378 e. The smallest absolute Gasteiger partial charge is 0.152 e. The summed E-state index contributed by atoms with van der Waals surface area (Å²) in [6.07, 6.45) is 3.90. The molecule has 1 N–H and O–H groups in total. The molecule has 0 spiro atoms. The van der Waals surface area contributed by atoms with Gasteiger partial charge in [-0.3, -0.25) is 4.79 Å². The molecule has 148 valence electrons. The lowest BCUT2D eigenvalue weighted by Gasteiger charge is -2.31. The first-order valence-electron chi connectivity index (χ1n) is 10.2. The number of aryl methyl sites for hydroxylation is 2. The number of rotatable bonds is 6. The molecule has 2 aromatic rings. The van der Waals surface area contributed by atoms with Gasteiger partial charge in [0, 0.05) is 30.9 Å². The van der Waals surface area contributed by atoms with Gasteiger partial charge in [-0.1, -0.05) is 13.0 Å². The molecule has 0 bridgehead atoms. The van der Waals surface area contributed by atoms with Gasteiger partial charge in [0.05, 0.1) is 6.54 Å². The predicted molar refractivity (Wildman–Crippen MR) is 113 cm³/mol. The third-order valence-corrected chi connectivity index (χ3v) is 6.25. The van der Waals surface area contributed by atoms with Gasteiger partial charge < -0.3 is 10.2 Å². The van der Waals surface area contributed by atoms with Crippen molar-refractivity contribution in [2.75, 3.05) is 23.3 Å². The maximum atomic E-state index is 13.4. The van der Waals surface area contributed by atoms with Crippen molar-refractivity contribution in [3.8, 4) is 0 Å². The lowest BCUT2D eigenvalue weighted by atomic mass is 9.98. The fourth-order valence-electron chi connectivity index (χ4n) is 4.26. The topological polar surface area (TPSA) is 32.3 Å². The second kappa shape index (κ2) is 7.23. The van der Waals surface area contributed by atoms with Crippen LogP contribution in [0.3, 0.4) is 0 Å². The highest BCUT2D eigenvalue weighted by Crippen LogP contribution is 2.48. The first kappa shape index (κ1) is 19.0. The molecule has 1 aliphatic carbocycles. The van der Waals surface area contributed by atoms with E-state index >= 15 is 0 Å². The quantitative estimate of drug-likeness (QED) is 0.750. The van der Waals surface area contributed by atoms with Crippen molar-refractivity contribution >= 4 is 17.2 Å². The Hall–Kier alpha value is -2.36. The molecule has 0 unspecified atom stereocenters. The molecule has 4 heteroatoms. The van der Waals surface area contributed by atoms with Crippen LogP contribution in [0.2, 0.25) is 0 Å². The van der Waals surface area contributed by atoms with Crippen molar-refractivity contribution in [3.63, 3.8) is 0 Å². The van der Waals surface area contributed by atoms with E-state index in [1.807, 2.05) is 6.07 Å². The van der Waals surface area contributed by atoms with Crippen LogP contribution in [0.25, 0.3) is 0 Å². The zero-order chi connectivity index (χ0) is 19.9. The number of hydrogen-bond donors (Lipinski definition) is 1. The standard InChI is InChI=1S/C24H29FN2O/c1-16-10-21(27-9-6-18-12-20(25)5-4-19(18)15-27)11-17(2)23(16)26-14-22(28)13-24(3)7-8-24/h4-5,10-12,26H,6-9,13-15H2,1-3H3. The van der Waals surface area contributed by atoms with Crippen LogP contribution in [0.1, 0.15) is 48.4 Å². The van der Waals surface area contributed by atoms with Crippen molar-refractivity contribution in [3.05, 3.63) is 58.4 Å². The fraction of sp³-hybridized carbons (Fsp3) is 0.458. The molecule has 0 atom stereocenters. The summed E-state index contributed by atoms with van der Waals surface area (Å²) in [4.78, 5) is 14.6. The number of benzene rings is 2. The molecule has 0 saturated heterocycles. The van der Waals surface area contributed by atoms with Gasteiger partial charge >= 0.3 is 0 Å². The van der Waals surface area contributed by atoms with E-state index in [9.17, 15) is 9.18 Å². The zero-order valence-electron chi connectivity index (χ0n) is 17.1. The van der Waals surface area contributed by atoms with Crippen LogP contribution in [0.5, 0.6) is 0 Å². The molecule has 1 fully saturated rings. The summed E-state index contributed by atoms with van der Waals surface area (Å²) < 4.78 is 13.4. The number of hydrogen-bond acceptors (Lipinski definition) is 3. The Morgan fingerprint density at radius 2 is 1.86 bits per heavy atom. The summed E-state index contributed by atoms with van der Waals surface area (Å²) in [6, 6.07) is 9.49. The number of anilines is 2. The van der Waals surface area contributed by atoms with Crippen LogP contribution in [-0.2, 0) is 17.8 Å². The first-order valence-corrected chi connectivity index (χ1v) is 10.2. The average molecular weight is 381 g/mol. The van der Waals surface area contributed by atoms with E-state index in [1.54, 1.807) is 12.1 Å². The Bertz CT molecular complexity index is 894. The SMILES string of the molecule is Cc1cc(N2CCc3cc(F)ccc3C2)cc(C)c1NCC(=O)CC1(C)CC1. The van der Waals surface area contributed by atoms with Crippen molar-refractivity contribution in [1.29, 1.82) is 0 Å². The molecule has 28 heavy (non-hydrogen) atoms. The summed E-state index contributed by atoms with van der Waals surface area (Å²) in [5, 5.41) is 3.37. The van der Waals surface area contributed by atoms with Gasteiger partial charge in [-0.05, 0) is 85.0 Å². The van der Waals surface area contributed by atoms with Crippen LogP contribution in [-0.4, -0.2) is 18.9 Å². The van der Waals surface area contributed by atoms with Gasteiger partial charge in [0.2, 0.25) is 0 Å².